The summed E-state index contributed by atoms with van der Waals surface area (Å²) in [5, 5.41) is 25.1. The number of carbonyl (C=O) groups excluding carboxylic acids is 2. The Hall–Kier alpha value is -4.90. The number of azide groups is 1. The number of benzene rings is 3. The number of aliphatic hydroxyl groups excluding tert-OH is 1. The first-order valence-corrected chi connectivity index (χ1v) is 16.3. The molecule has 2 aliphatic rings. The number of hydrogen-bond donors (Lipinski definition) is 2. The van der Waals surface area contributed by atoms with Gasteiger partial charge in [-0.2, -0.15) is 0 Å². The molecule has 10 atom stereocenters. The van der Waals surface area contributed by atoms with Crippen molar-refractivity contribution in [3.8, 4) is 0 Å². The van der Waals surface area contributed by atoms with Gasteiger partial charge in [0.2, 0.25) is 0 Å². The first-order valence-electron chi connectivity index (χ1n) is 16.3. The Morgan fingerprint density at radius 2 is 1.38 bits per heavy atom. The van der Waals surface area contributed by atoms with E-state index in [9.17, 15) is 30.1 Å². The highest BCUT2D eigenvalue weighted by molar-refractivity contribution is 5.89. The van der Waals surface area contributed by atoms with Crippen LogP contribution in [0.3, 0.4) is 0 Å². The maximum atomic E-state index is 13.0. The second-order valence-corrected chi connectivity index (χ2v) is 11.9. The number of ether oxygens (including phenoxy) is 8. The summed E-state index contributed by atoms with van der Waals surface area (Å²) >= 11 is 0. The summed E-state index contributed by atoms with van der Waals surface area (Å²) in [6, 6.07) is 24.9. The molecule has 2 heterocycles. The zero-order valence-corrected chi connectivity index (χ0v) is 28.3. The Morgan fingerprint density at radius 3 is 1.92 bits per heavy atom. The van der Waals surface area contributed by atoms with E-state index < -0.39 is 85.9 Å². The molecule has 52 heavy (non-hydrogen) atoms. The van der Waals surface area contributed by atoms with Crippen LogP contribution < -0.4 is 0 Å². The monoisotopic (exact) mass is 721 g/mol. The van der Waals surface area contributed by atoms with Crippen LogP contribution in [0, 0.1) is 0 Å². The van der Waals surface area contributed by atoms with E-state index in [1.165, 1.54) is 7.11 Å². The van der Waals surface area contributed by atoms with E-state index in [-0.39, 0.29) is 18.8 Å². The molecule has 0 unspecified atom stereocenters. The average Bonchev–Trinajstić information content (AvgIpc) is 3.15. The minimum atomic E-state index is -1.90. The molecule has 3 aromatic carbocycles. The molecule has 2 fully saturated rings. The highest BCUT2D eigenvalue weighted by atomic mass is 16.8. The fourth-order valence-corrected chi connectivity index (χ4v) is 5.91. The van der Waals surface area contributed by atoms with Crippen molar-refractivity contribution < 1.29 is 62.5 Å². The van der Waals surface area contributed by atoms with Gasteiger partial charge in [0.15, 0.2) is 24.8 Å². The molecule has 0 aliphatic carbocycles. The van der Waals surface area contributed by atoms with Crippen LogP contribution >= 0.6 is 0 Å². The van der Waals surface area contributed by atoms with Gasteiger partial charge in [0.1, 0.15) is 43.2 Å². The van der Waals surface area contributed by atoms with E-state index in [0.29, 0.717) is 5.56 Å². The fraction of sp³-hybridized carbons (Fsp3) is 0.417. The number of nitrogens with zero attached hydrogens (tertiary/aromatic N) is 3. The topological polar surface area (TPSA) is 214 Å². The lowest BCUT2D eigenvalue weighted by molar-refractivity contribution is -0.348. The van der Waals surface area contributed by atoms with Gasteiger partial charge in [-0.15, -0.1) is 0 Å². The molecule has 0 aromatic heterocycles. The third-order valence-electron chi connectivity index (χ3n) is 8.35. The van der Waals surface area contributed by atoms with E-state index in [1.807, 2.05) is 6.07 Å². The first-order chi connectivity index (χ1) is 25.2. The molecule has 16 nitrogen and oxygen atoms in total. The van der Waals surface area contributed by atoms with Gasteiger partial charge in [0.05, 0.1) is 18.8 Å². The largest absolute Gasteiger partial charge is 0.479 e. The van der Waals surface area contributed by atoms with E-state index in [1.54, 1.807) is 84.9 Å². The van der Waals surface area contributed by atoms with E-state index in [0.717, 1.165) is 12.5 Å². The van der Waals surface area contributed by atoms with Gasteiger partial charge < -0.3 is 48.1 Å². The molecule has 2 saturated heterocycles. The van der Waals surface area contributed by atoms with Crippen LogP contribution in [0.2, 0.25) is 0 Å². The maximum Gasteiger partial charge on any atom is 0.338 e. The summed E-state index contributed by atoms with van der Waals surface area (Å²) in [6.07, 6.45) is -13.5. The molecule has 0 bridgehead atoms. The van der Waals surface area contributed by atoms with Crippen LogP contribution in [0.15, 0.2) is 96.1 Å². The fourth-order valence-electron chi connectivity index (χ4n) is 5.91. The molecule has 5 rings (SSSR count). The molecule has 2 aliphatic heterocycles. The van der Waals surface area contributed by atoms with Crippen molar-refractivity contribution >= 4 is 17.9 Å². The highest BCUT2D eigenvalue weighted by Crippen LogP contribution is 2.35. The zero-order valence-electron chi connectivity index (χ0n) is 28.3. The van der Waals surface area contributed by atoms with Crippen LogP contribution in [0.1, 0.15) is 28.4 Å². The smallest absolute Gasteiger partial charge is 0.338 e. The number of carboxylic acids is 1. The molecule has 16 heteroatoms. The number of aliphatic hydroxyl groups is 1. The van der Waals surface area contributed by atoms with E-state index in [2.05, 4.69) is 10.0 Å². The number of carboxylic acid groups (broad SMARTS) is 1. The van der Waals surface area contributed by atoms with Crippen molar-refractivity contribution in [2.75, 3.05) is 13.7 Å². The molecular formula is C36H39N3O13. The van der Waals surface area contributed by atoms with E-state index >= 15 is 0 Å². The van der Waals surface area contributed by atoms with Crippen LogP contribution in [0.25, 0.3) is 10.4 Å². The molecule has 0 amide bonds. The van der Waals surface area contributed by atoms with Crippen molar-refractivity contribution in [2.24, 2.45) is 5.11 Å². The summed E-state index contributed by atoms with van der Waals surface area (Å²) in [4.78, 5) is 40.8. The van der Waals surface area contributed by atoms with Crippen LogP contribution in [0.4, 0.5) is 0 Å². The standard InChI is InChI=1S/C36H39N3O13/c1-21(40)49-32-30(47-19-23-14-8-4-9-15-23)27(41)31(33(42)43)52-36(32)51-28-25(20-48-34(44)24-16-10-5-11-17-24)50-35(45-2)26(38-39-37)29(28)46-18-22-12-6-3-7-13-22/h3-17,25-32,35-36,41H,18-20H2,1-2H3,(H,42,43)/t25-,26-,27+,28-,29-,30+,31-,32-,35+,36-/m1/s1. The number of esters is 2. The van der Waals surface area contributed by atoms with Crippen molar-refractivity contribution in [3.63, 3.8) is 0 Å². The molecule has 0 spiro atoms. The van der Waals surface area contributed by atoms with Gasteiger partial charge in [-0.25, -0.2) is 9.59 Å². The Bertz CT molecular complexity index is 1660. The van der Waals surface area contributed by atoms with Gasteiger partial charge in [-0.1, -0.05) is 84.0 Å². The average molecular weight is 722 g/mol. The third kappa shape index (κ3) is 9.70. The summed E-state index contributed by atoms with van der Waals surface area (Å²) < 4.78 is 47.4. The number of carbonyl (C=O) groups is 3. The van der Waals surface area contributed by atoms with Gasteiger partial charge in [0.25, 0.3) is 0 Å². The molecule has 0 saturated carbocycles. The first kappa shape index (κ1) is 38.3. The predicted molar refractivity (Wildman–Crippen MR) is 178 cm³/mol. The predicted octanol–water partition coefficient (Wildman–Crippen LogP) is 3.55. The van der Waals surface area contributed by atoms with Gasteiger partial charge >= 0.3 is 17.9 Å². The van der Waals surface area contributed by atoms with Crippen molar-refractivity contribution in [2.45, 2.75) is 81.5 Å². The third-order valence-corrected chi connectivity index (χ3v) is 8.35. The Morgan fingerprint density at radius 1 is 0.808 bits per heavy atom. The van der Waals surface area contributed by atoms with Gasteiger partial charge in [-0.05, 0) is 28.8 Å². The summed E-state index contributed by atoms with van der Waals surface area (Å²) in [5.74, 6) is -3.05. The lowest BCUT2D eigenvalue weighted by Crippen LogP contribution is -2.66. The van der Waals surface area contributed by atoms with E-state index in [4.69, 9.17) is 37.9 Å². The van der Waals surface area contributed by atoms with Gasteiger partial charge in [0, 0.05) is 18.9 Å². The lowest BCUT2D eigenvalue weighted by atomic mass is 9.95. The summed E-state index contributed by atoms with van der Waals surface area (Å²) in [5.41, 5.74) is 11.2. The Balaban J connectivity index is 1.52. The minimum absolute atomic E-state index is 0.0199. The van der Waals surface area contributed by atoms with Crippen LogP contribution in [0.5, 0.6) is 0 Å². The zero-order chi connectivity index (χ0) is 37.0. The normalized spacial score (nSPS) is 28.6. The SMILES string of the molecule is CO[C@H]1O[C@H](COC(=O)c2ccccc2)[C@@H](O[C@@H]2O[C@@H](C(=O)O)[C@@H](O)[C@H](OCc3ccccc3)[C@H]2OC(C)=O)[C@H](OCc2ccccc2)[C@H]1N=[N+]=[N-]. The van der Waals surface area contributed by atoms with Crippen LogP contribution in [-0.4, -0.2) is 103 Å². The number of rotatable bonds is 15. The Labute approximate surface area is 298 Å². The number of hydrogen-bond acceptors (Lipinski definition) is 13. The van der Waals surface area contributed by atoms with Crippen LogP contribution in [-0.2, 0) is 60.7 Å². The van der Waals surface area contributed by atoms with Crippen molar-refractivity contribution in [3.05, 3.63) is 118 Å². The second-order valence-electron chi connectivity index (χ2n) is 11.9. The highest BCUT2D eigenvalue weighted by Gasteiger charge is 2.55. The maximum absolute atomic E-state index is 13.0. The molecule has 276 valence electrons. The molecule has 2 N–H and O–H groups in total. The number of methoxy groups -OCH3 is 1. The summed E-state index contributed by atoms with van der Waals surface area (Å²) in [7, 11) is 1.32. The quantitative estimate of drug-likeness (QED) is 0.0995. The molecular weight excluding hydrogens is 682 g/mol. The Kier molecular flexibility index (Phi) is 13.7. The molecule has 3 aromatic rings. The van der Waals surface area contributed by atoms with Crippen molar-refractivity contribution in [1.29, 1.82) is 0 Å². The minimum Gasteiger partial charge on any atom is -0.479 e. The number of aliphatic carboxylic acids is 1. The molecule has 0 radical (unpaired) electrons. The summed E-state index contributed by atoms with van der Waals surface area (Å²) in [6.45, 7) is 0.550. The van der Waals surface area contributed by atoms with Gasteiger partial charge in [-0.3, -0.25) is 4.79 Å². The lowest BCUT2D eigenvalue weighted by Gasteiger charge is -2.48. The van der Waals surface area contributed by atoms with Crippen molar-refractivity contribution in [1.82, 2.24) is 0 Å². The second kappa shape index (κ2) is 18.5.